The Hall–Kier alpha value is -0.390. The summed E-state index contributed by atoms with van der Waals surface area (Å²) in [6.07, 6.45) is 0. The maximum Gasteiger partial charge on any atom is 0.277 e. The highest BCUT2D eigenvalue weighted by Crippen LogP contribution is 2.21. The predicted octanol–water partition coefficient (Wildman–Crippen LogP) is 2.98. The quantitative estimate of drug-likeness (QED) is 0.627. The molecular formula is C10H11Br2NO2. The van der Waals surface area contributed by atoms with Gasteiger partial charge in [-0.3, -0.25) is 9.63 Å². The van der Waals surface area contributed by atoms with Crippen molar-refractivity contribution < 1.29 is 9.63 Å². The van der Waals surface area contributed by atoms with Gasteiger partial charge in [0.25, 0.3) is 5.91 Å². The minimum atomic E-state index is -0.160. The molecule has 0 saturated carbocycles. The maximum atomic E-state index is 11.7. The molecule has 1 amide bonds. The molecule has 0 radical (unpaired) electrons. The number of amides is 1. The molecule has 0 aromatic heterocycles. The average Bonchev–Trinajstić information content (AvgIpc) is 2.27. The number of nitrogens with zero attached hydrogens (tertiary/aromatic N) is 1. The first-order chi connectivity index (χ1) is 7.10. The van der Waals surface area contributed by atoms with Gasteiger partial charge in [0.15, 0.2) is 0 Å². The van der Waals surface area contributed by atoms with E-state index in [0.29, 0.717) is 10.9 Å². The second-order valence-electron chi connectivity index (χ2n) is 2.93. The largest absolute Gasteiger partial charge is 0.277 e. The smallest absolute Gasteiger partial charge is 0.274 e. The highest BCUT2D eigenvalue weighted by atomic mass is 79.9. The van der Waals surface area contributed by atoms with Crippen LogP contribution in [-0.2, 0) is 10.2 Å². The van der Waals surface area contributed by atoms with Crippen LogP contribution in [-0.4, -0.2) is 25.1 Å². The summed E-state index contributed by atoms with van der Waals surface area (Å²) < 4.78 is 0.982. The molecule has 0 saturated heterocycles. The molecule has 0 heterocycles. The number of hydroxylamine groups is 2. The van der Waals surface area contributed by atoms with Crippen molar-refractivity contribution in [1.29, 1.82) is 0 Å². The molecule has 1 rings (SSSR count). The van der Waals surface area contributed by atoms with Crippen molar-refractivity contribution in [2.24, 2.45) is 0 Å². The fourth-order valence-corrected chi connectivity index (χ4v) is 2.30. The van der Waals surface area contributed by atoms with Crippen LogP contribution in [0.4, 0.5) is 0 Å². The van der Waals surface area contributed by atoms with Gasteiger partial charge in [-0.25, -0.2) is 5.06 Å². The summed E-state index contributed by atoms with van der Waals surface area (Å²) in [5, 5.41) is 1.90. The van der Waals surface area contributed by atoms with Gasteiger partial charge in [0, 0.05) is 22.4 Å². The molecule has 1 aromatic carbocycles. The summed E-state index contributed by atoms with van der Waals surface area (Å²) in [6.45, 7) is 0. The first-order valence-electron chi connectivity index (χ1n) is 4.26. The van der Waals surface area contributed by atoms with Gasteiger partial charge in [0.1, 0.15) is 0 Å². The number of alkyl halides is 1. The van der Waals surface area contributed by atoms with Crippen LogP contribution in [0.1, 0.15) is 15.9 Å². The average molecular weight is 337 g/mol. The minimum Gasteiger partial charge on any atom is -0.274 e. The zero-order valence-electron chi connectivity index (χ0n) is 8.46. The minimum absolute atomic E-state index is 0.160. The first-order valence-corrected chi connectivity index (χ1v) is 6.18. The Morgan fingerprint density at radius 1 is 1.53 bits per heavy atom. The molecular weight excluding hydrogens is 326 g/mol. The van der Waals surface area contributed by atoms with E-state index in [1.165, 1.54) is 12.2 Å². The summed E-state index contributed by atoms with van der Waals surface area (Å²) in [4.78, 5) is 16.6. The fraction of sp³-hybridized carbons (Fsp3) is 0.300. The highest BCUT2D eigenvalue weighted by molar-refractivity contribution is 9.10. The van der Waals surface area contributed by atoms with Crippen LogP contribution in [0.3, 0.4) is 0 Å². The van der Waals surface area contributed by atoms with Crippen LogP contribution < -0.4 is 0 Å². The fourth-order valence-electron chi connectivity index (χ4n) is 1.07. The van der Waals surface area contributed by atoms with E-state index in [9.17, 15) is 4.79 Å². The van der Waals surface area contributed by atoms with E-state index in [2.05, 4.69) is 31.9 Å². The van der Waals surface area contributed by atoms with Crippen molar-refractivity contribution in [3.63, 3.8) is 0 Å². The molecule has 0 aliphatic carbocycles. The zero-order chi connectivity index (χ0) is 11.4. The Bertz CT molecular complexity index is 368. The highest BCUT2D eigenvalue weighted by Gasteiger charge is 2.12. The summed E-state index contributed by atoms with van der Waals surface area (Å²) in [6, 6.07) is 5.44. The molecule has 0 fully saturated rings. The summed E-state index contributed by atoms with van der Waals surface area (Å²) in [5.74, 6) is -0.160. The molecule has 0 aliphatic rings. The van der Waals surface area contributed by atoms with E-state index in [0.717, 1.165) is 10.0 Å². The second kappa shape index (κ2) is 5.63. The van der Waals surface area contributed by atoms with Crippen molar-refractivity contribution in [3.05, 3.63) is 33.8 Å². The van der Waals surface area contributed by atoms with E-state index in [-0.39, 0.29) is 5.91 Å². The number of hydrogen-bond acceptors (Lipinski definition) is 2. The Labute approximate surface area is 106 Å². The van der Waals surface area contributed by atoms with Crippen molar-refractivity contribution in [2.75, 3.05) is 14.2 Å². The number of hydrogen-bond donors (Lipinski definition) is 0. The summed E-state index contributed by atoms with van der Waals surface area (Å²) in [5.41, 5.74) is 1.64. The number of halogens is 2. The number of benzene rings is 1. The summed E-state index contributed by atoms with van der Waals surface area (Å²) >= 11 is 6.77. The third-order valence-electron chi connectivity index (χ3n) is 2.00. The molecule has 15 heavy (non-hydrogen) atoms. The van der Waals surface area contributed by atoms with Gasteiger partial charge in [-0.15, -0.1) is 0 Å². The standard InChI is InChI=1S/C10H11Br2NO2/c1-13(15-2)10(14)7-3-4-9(12)8(5-7)6-11/h3-5H,6H2,1-2H3. The Kier molecular flexibility index (Phi) is 4.76. The van der Waals surface area contributed by atoms with Crippen LogP contribution in [0.25, 0.3) is 0 Å². The molecule has 82 valence electrons. The Balaban J connectivity index is 3.01. The lowest BCUT2D eigenvalue weighted by Gasteiger charge is -2.14. The lowest BCUT2D eigenvalue weighted by molar-refractivity contribution is -0.0757. The van der Waals surface area contributed by atoms with E-state index in [1.807, 2.05) is 12.1 Å². The Morgan fingerprint density at radius 2 is 2.20 bits per heavy atom. The second-order valence-corrected chi connectivity index (χ2v) is 4.34. The zero-order valence-corrected chi connectivity index (χ0v) is 11.6. The van der Waals surface area contributed by atoms with Crippen LogP contribution in [0, 0.1) is 0 Å². The number of carbonyl (C=O) groups is 1. The molecule has 0 bridgehead atoms. The van der Waals surface area contributed by atoms with Crippen molar-refractivity contribution in [3.8, 4) is 0 Å². The molecule has 1 aromatic rings. The van der Waals surface area contributed by atoms with E-state index in [1.54, 1.807) is 13.1 Å². The van der Waals surface area contributed by atoms with Crippen LogP contribution in [0.2, 0.25) is 0 Å². The third kappa shape index (κ3) is 3.03. The Morgan fingerprint density at radius 3 is 2.73 bits per heavy atom. The topological polar surface area (TPSA) is 29.5 Å². The maximum absolute atomic E-state index is 11.7. The van der Waals surface area contributed by atoms with E-state index in [4.69, 9.17) is 4.84 Å². The SMILES string of the molecule is CON(C)C(=O)c1ccc(Br)c(CBr)c1. The molecule has 5 heteroatoms. The molecule has 0 spiro atoms. The predicted molar refractivity (Wildman–Crippen MR) is 65.9 cm³/mol. The van der Waals surface area contributed by atoms with Crippen molar-refractivity contribution in [2.45, 2.75) is 5.33 Å². The lowest BCUT2D eigenvalue weighted by atomic mass is 10.1. The van der Waals surface area contributed by atoms with Gasteiger partial charge in [-0.2, -0.15) is 0 Å². The van der Waals surface area contributed by atoms with E-state index >= 15 is 0 Å². The number of carbonyl (C=O) groups excluding carboxylic acids is 1. The van der Waals surface area contributed by atoms with Gasteiger partial charge in [-0.05, 0) is 23.8 Å². The molecule has 0 aliphatic heterocycles. The van der Waals surface area contributed by atoms with Crippen LogP contribution in [0.5, 0.6) is 0 Å². The van der Waals surface area contributed by atoms with Crippen LogP contribution >= 0.6 is 31.9 Å². The van der Waals surface area contributed by atoms with Crippen molar-refractivity contribution in [1.82, 2.24) is 5.06 Å². The van der Waals surface area contributed by atoms with Gasteiger partial charge in [-0.1, -0.05) is 31.9 Å². The van der Waals surface area contributed by atoms with Gasteiger partial charge >= 0.3 is 0 Å². The normalized spacial score (nSPS) is 10.1. The lowest BCUT2D eigenvalue weighted by Crippen LogP contribution is -2.25. The van der Waals surface area contributed by atoms with Gasteiger partial charge < -0.3 is 0 Å². The molecule has 0 N–H and O–H groups in total. The number of rotatable bonds is 3. The molecule has 0 unspecified atom stereocenters. The summed E-state index contributed by atoms with van der Waals surface area (Å²) in [7, 11) is 3.04. The van der Waals surface area contributed by atoms with Crippen molar-refractivity contribution >= 4 is 37.8 Å². The molecule has 0 atom stereocenters. The first kappa shape index (κ1) is 12.7. The third-order valence-corrected chi connectivity index (χ3v) is 3.37. The van der Waals surface area contributed by atoms with Gasteiger partial charge in [0.2, 0.25) is 0 Å². The monoisotopic (exact) mass is 335 g/mol. The van der Waals surface area contributed by atoms with E-state index < -0.39 is 0 Å². The molecule has 3 nitrogen and oxygen atoms in total. The van der Waals surface area contributed by atoms with Crippen LogP contribution in [0.15, 0.2) is 22.7 Å². The van der Waals surface area contributed by atoms with Gasteiger partial charge in [0.05, 0.1) is 7.11 Å².